The molecule has 1 aliphatic heterocycles. The Morgan fingerprint density at radius 1 is 1.28 bits per heavy atom. The third-order valence-corrected chi connectivity index (χ3v) is 6.17. The van der Waals surface area contributed by atoms with Crippen molar-refractivity contribution in [3.8, 4) is 0 Å². The predicted octanol–water partition coefficient (Wildman–Crippen LogP) is 1.26. The van der Waals surface area contributed by atoms with E-state index in [-0.39, 0.29) is 29.7 Å². The third kappa shape index (κ3) is 7.96. The van der Waals surface area contributed by atoms with E-state index in [9.17, 15) is 8.42 Å². The molecule has 1 aliphatic carbocycles. The maximum atomic E-state index is 12.0. The van der Waals surface area contributed by atoms with Gasteiger partial charge < -0.3 is 15.0 Å². The summed E-state index contributed by atoms with van der Waals surface area (Å²) in [6.07, 6.45) is 4.60. The molecule has 2 aliphatic rings. The molecule has 2 rings (SSSR count). The van der Waals surface area contributed by atoms with E-state index in [0.29, 0.717) is 24.9 Å². The summed E-state index contributed by atoms with van der Waals surface area (Å²) >= 11 is 0. The number of rotatable bonds is 9. The molecular formula is C16H33IN4O3S. The lowest BCUT2D eigenvalue weighted by Gasteiger charge is -2.25. The molecule has 0 amide bonds. The molecule has 1 unspecified atom stereocenters. The number of nitrogens with one attached hydrogen (secondary N) is 2. The first-order valence-corrected chi connectivity index (χ1v) is 10.7. The van der Waals surface area contributed by atoms with Gasteiger partial charge in [0.1, 0.15) is 0 Å². The van der Waals surface area contributed by atoms with Crippen LogP contribution in [0.25, 0.3) is 0 Å². The Bertz CT molecular complexity index is 512. The van der Waals surface area contributed by atoms with E-state index in [1.807, 2.05) is 6.92 Å². The van der Waals surface area contributed by atoms with Crippen LogP contribution in [0.1, 0.15) is 32.6 Å². The highest BCUT2D eigenvalue weighted by Gasteiger charge is 2.25. The van der Waals surface area contributed by atoms with Gasteiger partial charge in [0.05, 0.1) is 12.4 Å². The minimum absolute atomic E-state index is 0. The molecule has 0 aromatic rings. The summed E-state index contributed by atoms with van der Waals surface area (Å²) in [6, 6.07) is 0. The monoisotopic (exact) mass is 488 g/mol. The molecule has 148 valence electrons. The summed E-state index contributed by atoms with van der Waals surface area (Å²) < 4.78 is 32.2. The number of sulfonamides is 1. The van der Waals surface area contributed by atoms with Gasteiger partial charge in [0.2, 0.25) is 10.0 Å². The van der Waals surface area contributed by atoms with E-state index in [1.54, 1.807) is 7.05 Å². The number of aliphatic imine (C=N–C) groups is 1. The largest absolute Gasteiger partial charge is 0.381 e. The molecular weight excluding hydrogens is 455 g/mol. The quantitative estimate of drug-likeness (QED) is 0.290. The topological polar surface area (TPSA) is 83.0 Å². The van der Waals surface area contributed by atoms with Crippen molar-refractivity contribution in [1.29, 1.82) is 0 Å². The van der Waals surface area contributed by atoms with Crippen molar-refractivity contribution in [1.82, 2.24) is 14.9 Å². The lowest BCUT2D eigenvalue weighted by Crippen LogP contribution is -2.43. The highest BCUT2D eigenvalue weighted by atomic mass is 127. The van der Waals surface area contributed by atoms with Gasteiger partial charge in [-0.3, -0.25) is 4.99 Å². The maximum absolute atomic E-state index is 12.0. The van der Waals surface area contributed by atoms with E-state index >= 15 is 0 Å². The lowest BCUT2D eigenvalue weighted by molar-refractivity contribution is 0.114. The standard InChI is InChI=1S/C16H32N4O3S.HI/c1-3-23-13-15-7-9-20(12-15)16(17-2)18-8-10-24(21,22)19-11-14-5-4-6-14;/h14-15,19H,3-13H2,1-2H3,(H,17,18);1H. The number of nitrogens with zero attached hydrogens (tertiary/aromatic N) is 2. The van der Waals surface area contributed by atoms with Crippen molar-refractivity contribution in [2.45, 2.75) is 32.6 Å². The van der Waals surface area contributed by atoms with Crippen molar-refractivity contribution < 1.29 is 13.2 Å². The van der Waals surface area contributed by atoms with Gasteiger partial charge in [-0.05, 0) is 32.1 Å². The van der Waals surface area contributed by atoms with Crippen LogP contribution in [0.4, 0.5) is 0 Å². The Kier molecular flexibility index (Phi) is 10.6. The van der Waals surface area contributed by atoms with Crippen molar-refractivity contribution in [2.75, 3.05) is 52.2 Å². The summed E-state index contributed by atoms with van der Waals surface area (Å²) in [5.41, 5.74) is 0. The smallest absolute Gasteiger partial charge is 0.213 e. The molecule has 0 radical (unpaired) electrons. The molecule has 1 heterocycles. The second kappa shape index (κ2) is 11.6. The fourth-order valence-corrected chi connectivity index (χ4v) is 4.09. The van der Waals surface area contributed by atoms with Crippen molar-refractivity contribution in [3.05, 3.63) is 0 Å². The van der Waals surface area contributed by atoms with Gasteiger partial charge in [-0.25, -0.2) is 13.1 Å². The highest BCUT2D eigenvalue weighted by Crippen LogP contribution is 2.25. The van der Waals surface area contributed by atoms with Crippen LogP contribution in [0.2, 0.25) is 0 Å². The molecule has 0 spiro atoms. The van der Waals surface area contributed by atoms with Crippen LogP contribution in [-0.4, -0.2) is 71.5 Å². The average Bonchev–Trinajstić information content (AvgIpc) is 2.96. The average molecular weight is 488 g/mol. The lowest BCUT2D eigenvalue weighted by atomic mass is 9.86. The third-order valence-electron chi connectivity index (χ3n) is 4.83. The van der Waals surface area contributed by atoms with Gasteiger partial charge in [-0.2, -0.15) is 0 Å². The molecule has 2 N–H and O–H groups in total. The van der Waals surface area contributed by atoms with Crippen molar-refractivity contribution in [3.63, 3.8) is 0 Å². The number of halogens is 1. The number of ether oxygens (including phenoxy) is 1. The van der Waals surface area contributed by atoms with Crippen LogP contribution in [0, 0.1) is 11.8 Å². The van der Waals surface area contributed by atoms with E-state index in [0.717, 1.165) is 51.5 Å². The molecule has 25 heavy (non-hydrogen) atoms. The summed E-state index contributed by atoms with van der Waals surface area (Å²) in [5.74, 6) is 1.92. The SMILES string of the molecule is CCOCC1CCN(C(=NC)NCCS(=O)(=O)NCC2CCC2)C1.I. The van der Waals surface area contributed by atoms with Crippen molar-refractivity contribution in [2.24, 2.45) is 16.8 Å². The zero-order valence-corrected chi connectivity index (χ0v) is 18.5. The number of guanidine groups is 1. The number of likely N-dealkylation sites (tertiary alicyclic amines) is 1. The molecule has 7 nitrogen and oxygen atoms in total. The normalized spacial score (nSPS) is 21.8. The Hall–Kier alpha value is -0.130. The maximum Gasteiger partial charge on any atom is 0.213 e. The second-order valence-corrected chi connectivity index (χ2v) is 8.62. The Morgan fingerprint density at radius 3 is 2.64 bits per heavy atom. The van der Waals surface area contributed by atoms with E-state index < -0.39 is 10.0 Å². The number of hydrogen-bond donors (Lipinski definition) is 2. The minimum Gasteiger partial charge on any atom is -0.381 e. The van der Waals surface area contributed by atoms with Gasteiger partial charge in [-0.1, -0.05) is 6.42 Å². The first-order valence-electron chi connectivity index (χ1n) is 9.04. The Labute approximate surface area is 169 Å². The fourth-order valence-electron chi connectivity index (χ4n) is 3.09. The van der Waals surface area contributed by atoms with Gasteiger partial charge in [-0.15, -0.1) is 24.0 Å². The van der Waals surface area contributed by atoms with Crippen LogP contribution in [0.3, 0.4) is 0 Å². The summed E-state index contributed by atoms with van der Waals surface area (Å²) in [7, 11) is -1.47. The second-order valence-electron chi connectivity index (χ2n) is 6.70. The van der Waals surface area contributed by atoms with Crippen LogP contribution in [0.15, 0.2) is 4.99 Å². The minimum atomic E-state index is -3.21. The zero-order chi connectivity index (χ0) is 17.4. The Balaban J connectivity index is 0.00000312. The van der Waals surface area contributed by atoms with Crippen LogP contribution in [0.5, 0.6) is 0 Å². The highest BCUT2D eigenvalue weighted by molar-refractivity contribution is 14.0. The van der Waals surface area contributed by atoms with E-state index in [4.69, 9.17) is 4.74 Å². The van der Waals surface area contributed by atoms with E-state index in [2.05, 4.69) is 19.9 Å². The molecule has 2 fully saturated rings. The fraction of sp³-hybridized carbons (Fsp3) is 0.938. The molecule has 0 aromatic heterocycles. The Morgan fingerprint density at radius 2 is 2.04 bits per heavy atom. The molecule has 1 saturated carbocycles. The van der Waals surface area contributed by atoms with Crippen LogP contribution >= 0.6 is 24.0 Å². The van der Waals surface area contributed by atoms with Gasteiger partial charge in [0, 0.05) is 45.8 Å². The van der Waals surface area contributed by atoms with Crippen molar-refractivity contribution >= 4 is 40.0 Å². The summed E-state index contributed by atoms with van der Waals surface area (Å²) in [4.78, 5) is 6.46. The molecule has 0 aromatic carbocycles. The zero-order valence-electron chi connectivity index (χ0n) is 15.4. The summed E-state index contributed by atoms with van der Waals surface area (Å²) in [5, 5.41) is 3.18. The van der Waals surface area contributed by atoms with Gasteiger partial charge in [0.25, 0.3) is 0 Å². The number of hydrogen-bond acceptors (Lipinski definition) is 4. The summed E-state index contributed by atoms with van der Waals surface area (Å²) in [6.45, 7) is 6.34. The predicted molar refractivity (Wildman–Crippen MR) is 112 cm³/mol. The first kappa shape index (κ1) is 22.9. The first-order chi connectivity index (χ1) is 11.5. The molecule has 0 bridgehead atoms. The van der Waals surface area contributed by atoms with Gasteiger partial charge >= 0.3 is 0 Å². The van der Waals surface area contributed by atoms with Crippen LogP contribution in [-0.2, 0) is 14.8 Å². The molecule has 9 heteroatoms. The molecule has 1 atom stereocenters. The van der Waals surface area contributed by atoms with Gasteiger partial charge in [0.15, 0.2) is 5.96 Å². The van der Waals surface area contributed by atoms with Crippen LogP contribution < -0.4 is 10.0 Å². The molecule has 1 saturated heterocycles. The van der Waals surface area contributed by atoms with E-state index in [1.165, 1.54) is 6.42 Å².